The van der Waals surface area contributed by atoms with E-state index < -0.39 is 23.7 Å². The molecule has 0 spiro atoms. The Kier molecular flexibility index (Phi) is 4.75. The Balaban J connectivity index is 1.76. The molecule has 1 saturated heterocycles. The fourth-order valence-electron chi connectivity index (χ4n) is 3.41. The number of anilines is 1. The first-order chi connectivity index (χ1) is 14.4. The van der Waals surface area contributed by atoms with Crippen molar-refractivity contribution in [2.24, 2.45) is 0 Å². The summed E-state index contributed by atoms with van der Waals surface area (Å²) in [6, 6.07) is 11.3. The minimum Gasteiger partial charge on any atom is -0.303 e. The number of hydrogen-bond acceptors (Lipinski definition) is 4. The molecule has 4 rings (SSSR count). The van der Waals surface area contributed by atoms with E-state index in [9.17, 15) is 18.8 Å². The Morgan fingerprint density at radius 2 is 1.77 bits per heavy atom. The molecule has 4 amide bonds. The van der Waals surface area contributed by atoms with Crippen LogP contribution >= 0.6 is 0 Å². The molecule has 1 aliphatic rings. The Hall–Kier alpha value is -4.07. The van der Waals surface area contributed by atoms with E-state index in [1.54, 1.807) is 6.20 Å². The minimum absolute atomic E-state index is 0.163. The zero-order valence-corrected chi connectivity index (χ0v) is 16.2. The molecule has 0 saturated carbocycles. The predicted molar refractivity (Wildman–Crippen MR) is 108 cm³/mol. The standard InChI is InChI=1S/C22H17FN4O3/c1-13-11-15(14(2)26(13)19-5-3-4-10-24-19)12-18-20(28)25-22(30)27(21(18)29)17-8-6-16(23)7-9-17/h3-12H,1-2H3,(H,25,28,30)/b18-12+. The number of rotatable bonds is 3. The zero-order valence-electron chi connectivity index (χ0n) is 16.2. The van der Waals surface area contributed by atoms with E-state index >= 15 is 0 Å². The van der Waals surface area contributed by atoms with Crippen molar-refractivity contribution < 1.29 is 18.8 Å². The van der Waals surface area contributed by atoms with Gasteiger partial charge in [0.2, 0.25) is 0 Å². The average Bonchev–Trinajstić information content (AvgIpc) is 3.00. The summed E-state index contributed by atoms with van der Waals surface area (Å²) in [6.07, 6.45) is 3.12. The summed E-state index contributed by atoms with van der Waals surface area (Å²) in [5.74, 6) is -1.36. The molecule has 1 aromatic carbocycles. The van der Waals surface area contributed by atoms with Crippen LogP contribution in [0.4, 0.5) is 14.9 Å². The van der Waals surface area contributed by atoms with Crippen molar-refractivity contribution in [3.05, 3.63) is 83.1 Å². The molecule has 1 fully saturated rings. The van der Waals surface area contributed by atoms with Gasteiger partial charge in [-0.15, -0.1) is 0 Å². The van der Waals surface area contributed by atoms with Gasteiger partial charge in [-0.3, -0.25) is 14.9 Å². The maximum absolute atomic E-state index is 13.2. The Morgan fingerprint density at radius 1 is 1.03 bits per heavy atom. The van der Waals surface area contributed by atoms with Crippen LogP contribution < -0.4 is 10.2 Å². The molecule has 30 heavy (non-hydrogen) atoms. The molecule has 1 aliphatic heterocycles. The third kappa shape index (κ3) is 3.28. The number of nitrogens with zero attached hydrogens (tertiary/aromatic N) is 3. The van der Waals surface area contributed by atoms with Gasteiger partial charge in [-0.1, -0.05) is 6.07 Å². The Morgan fingerprint density at radius 3 is 2.43 bits per heavy atom. The number of nitrogens with one attached hydrogen (secondary N) is 1. The first-order valence-corrected chi connectivity index (χ1v) is 9.14. The van der Waals surface area contributed by atoms with E-state index in [0.717, 1.165) is 28.4 Å². The number of urea groups is 1. The third-order valence-electron chi connectivity index (χ3n) is 4.84. The number of aryl methyl sites for hydroxylation is 1. The monoisotopic (exact) mass is 404 g/mol. The molecule has 0 unspecified atom stereocenters. The van der Waals surface area contributed by atoms with Crippen LogP contribution in [0.5, 0.6) is 0 Å². The van der Waals surface area contributed by atoms with E-state index in [0.29, 0.717) is 11.4 Å². The number of barbiturate groups is 1. The van der Waals surface area contributed by atoms with Gasteiger partial charge >= 0.3 is 6.03 Å². The highest BCUT2D eigenvalue weighted by Crippen LogP contribution is 2.25. The fraction of sp³-hybridized carbons (Fsp3) is 0.0909. The molecular weight excluding hydrogens is 387 g/mol. The first-order valence-electron chi connectivity index (χ1n) is 9.14. The van der Waals surface area contributed by atoms with Crippen LogP contribution in [0.15, 0.2) is 60.3 Å². The van der Waals surface area contributed by atoms with Gasteiger partial charge in [0.25, 0.3) is 11.8 Å². The molecule has 0 radical (unpaired) electrons. The molecule has 0 atom stereocenters. The van der Waals surface area contributed by atoms with E-state index in [2.05, 4.69) is 10.3 Å². The van der Waals surface area contributed by atoms with Gasteiger partial charge < -0.3 is 4.57 Å². The van der Waals surface area contributed by atoms with Crippen molar-refractivity contribution in [3.63, 3.8) is 0 Å². The van der Waals surface area contributed by atoms with Gasteiger partial charge in [-0.2, -0.15) is 0 Å². The van der Waals surface area contributed by atoms with Crippen molar-refractivity contribution in [2.45, 2.75) is 13.8 Å². The molecule has 8 heteroatoms. The molecule has 3 heterocycles. The van der Waals surface area contributed by atoms with Crippen LogP contribution in [-0.2, 0) is 9.59 Å². The van der Waals surface area contributed by atoms with E-state index in [4.69, 9.17) is 0 Å². The van der Waals surface area contributed by atoms with Crippen LogP contribution in [0.2, 0.25) is 0 Å². The second kappa shape index (κ2) is 7.40. The molecule has 150 valence electrons. The maximum atomic E-state index is 13.2. The van der Waals surface area contributed by atoms with Crippen LogP contribution in [-0.4, -0.2) is 27.4 Å². The minimum atomic E-state index is -0.882. The van der Waals surface area contributed by atoms with Gasteiger partial charge in [0, 0.05) is 17.6 Å². The second-order valence-electron chi connectivity index (χ2n) is 6.78. The summed E-state index contributed by atoms with van der Waals surface area (Å²) >= 11 is 0. The lowest BCUT2D eigenvalue weighted by Crippen LogP contribution is -2.54. The number of amides is 4. The Labute approximate surface area is 171 Å². The fourth-order valence-corrected chi connectivity index (χ4v) is 3.41. The molecule has 7 nitrogen and oxygen atoms in total. The van der Waals surface area contributed by atoms with E-state index in [-0.39, 0.29) is 11.3 Å². The number of pyridine rings is 1. The SMILES string of the molecule is Cc1cc(/C=C2\C(=O)NC(=O)N(c3ccc(F)cc3)C2=O)c(C)n1-c1ccccn1. The lowest BCUT2D eigenvalue weighted by molar-refractivity contribution is -0.122. The number of carbonyl (C=O) groups is 3. The lowest BCUT2D eigenvalue weighted by atomic mass is 10.1. The summed E-state index contributed by atoms with van der Waals surface area (Å²) < 4.78 is 15.1. The van der Waals surface area contributed by atoms with E-state index in [1.165, 1.54) is 18.2 Å². The highest BCUT2D eigenvalue weighted by molar-refractivity contribution is 6.39. The molecule has 3 aromatic rings. The lowest BCUT2D eigenvalue weighted by Gasteiger charge is -2.26. The smallest absolute Gasteiger partial charge is 0.303 e. The summed E-state index contributed by atoms with van der Waals surface area (Å²) in [4.78, 5) is 42.8. The largest absolute Gasteiger partial charge is 0.335 e. The third-order valence-corrected chi connectivity index (χ3v) is 4.84. The summed E-state index contributed by atoms with van der Waals surface area (Å²) in [7, 11) is 0. The Bertz CT molecular complexity index is 1200. The first kappa shape index (κ1) is 19.3. The van der Waals surface area contributed by atoms with Crippen molar-refractivity contribution in [1.82, 2.24) is 14.9 Å². The molecular formula is C22H17FN4O3. The van der Waals surface area contributed by atoms with Crippen molar-refractivity contribution in [1.29, 1.82) is 0 Å². The van der Waals surface area contributed by atoms with Gasteiger partial charge in [-0.25, -0.2) is 19.1 Å². The average molecular weight is 404 g/mol. The van der Waals surface area contributed by atoms with Gasteiger partial charge in [0.1, 0.15) is 17.2 Å². The summed E-state index contributed by atoms with van der Waals surface area (Å²) in [5, 5.41) is 2.16. The van der Waals surface area contributed by atoms with Gasteiger partial charge in [-0.05, 0) is 68.0 Å². The molecule has 0 aliphatic carbocycles. The predicted octanol–water partition coefficient (Wildman–Crippen LogP) is 3.29. The summed E-state index contributed by atoms with van der Waals surface area (Å²) in [6.45, 7) is 3.74. The highest BCUT2D eigenvalue weighted by atomic mass is 19.1. The highest BCUT2D eigenvalue weighted by Gasteiger charge is 2.37. The number of aromatic nitrogens is 2. The van der Waals surface area contributed by atoms with Crippen molar-refractivity contribution in [2.75, 3.05) is 4.90 Å². The number of imide groups is 2. The molecule has 1 N–H and O–H groups in total. The van der Waals surface area contributed by atoms with Crippen LogP contribution in [0.25, 0.3) is 11.9 Å². The van der Waals surface area contributed by atoms with Crippen molar-refractivity contribution >= 4 is 29.6 Å². The zero-order chi connectivity index (χ0) is 21.4. The van der Waals surface area contributed by atoms with Crippen LogP contribution in [0, 0.1) is 19.7 Å². The van der Waals surface area contributed by atoms with Crippen LogP contribution in [0.3, 0.4) is 0 Å². The van der Waals surface area contributed by atoms with E-state index in [1.807, 2.05) is 42.7 Å². The molecule has 0 bridgehead atoms. The quantitative estimate of drug-likeness (QED) is 0.536. The number of carbonyl (C=O) groups excluding carboxylic acids is 3. The number of benzene rings is 1. The normalized spacial score (nSPS) is 15.6. The topological polar surface area (TPSA) is 84.3 Å². The van der Waals surface area contributed by atoms with Crippen molar-refractivity contribution in [3.8, 4) is 5.82 Å². The van der Waals surface area contributed by atoms with Crippen LogP contribution in [0.1, 0.15) is 17.0 Å². The van der Waals surface area contributed by atoms with Gasteiger partial charge in [0.15, 0.2) is 0 Å². The maximum Gasteiger partial charge on any atom is 0.335 e. The number of halogens is 1. The number of hydrogen-bond donors (Lipinski definition) is 1. The van der Waals surface area contributed by atoms with Gasteiger partial charge in [0.05, 0.1) is 5.69 Å². The second-order valence-corrected chi connectivity index (χ2v) is 6.78. The molecule has 2 aromatic heterocycles. The summed E-state index contributed by atoms with van der Waals surface area (Å²) in [5.41, 5.74) is 2.26.